The number of rotatable bonds is 4. The first-order valence-electron chi connectivity index (χ1n) is 6.22. The van der Waals surface area contributed by atoms with Crippen LogP contribution in [0.4, 0.5) is 13.6 Å². The molecule has 7 heteroatoms. The Morgan fingerprint density at radius 2 is 1.95 bits per heavy atom. The van der Waals surface area contributed by atoms with Crippen LogP contribution in [0.5, 0.6) is 0 Å². The average Bonchev–Trinajstić information content (AvgIpc) is 2.32. The zero-order valence-electron chi connectivity index (χ0n) is 11.9. The zero-order chi connectivity index (χ0) is 16.2. The number of nitrogens with one attached hydrogen (secondary N) is 1. The van der Waals surface area contributed by atoms with Crippen molar-refractivity contribution in [2.45, 2.75) is 38.8 Å². The summed E-state index contributed by atoms with van der Waals surface area (Å²) in [5, 5.41) is 1.84. The van der Waals surface area contributed by atoms with Gasteiger partial charge in [-0.3, -0.25) is 0 Å². The normalized spacial score (nSPS) is 12.7. The highest BCUT2D eigenvalue weighted by Crippen LogP contribution is 2.30. The second-order valence-electron chi connectivity index (χ2n) is 5.36. The molecule has 1 N–H and O–H groups in total. The molecule has 116 valence electrons. The van der Waals surface area contributed by atoms with E-state index in [4.69, 9.17) is 16.3 Å². The summed E-state index contributed by atoms with van der Waals surface area (Å²) in [7, 11) is 0. The predicted molar refractivity (Wildman–Crippen MR) is 74.2 cm³/mol. The van der Waals surface area contributed by atoms with E-state index in [1.165, 1.54) is 0 Å². The maximum absolute atomic E-state index is 13.8. The minimum atomic E-state index is -1.11. The Hall–Kier alpha value is -1.69. The number of hydrogen-bond donors (Lipinski definition) is 1. The van der Waals surface area contributed by atoms with E-state index < -0.39 is 34.4 Å². The Bertz CT molecular complexity index is 544. The summed E-state index contributed by atoms with van der Waals surface area (Å²) in [6.45, 7) is 4.95. The monoisotopic (exact) mass is 319 g/mol. The number of alkyl carbamates (subject to hydrolysis) is 1. The Morgan fingerprint density at radius 3 is 2.48 bits per heavy atom. The molecule has 0 fully saturated rings. The number of amides is 1. The number of benzene rings is 1. The third-order valence-electron chi connectivity index (χ3n) is 2.45. The molecule has 1 rings (SSSR count). The Balaban J connectivity index is 3.05. The summed E-state index contributed by atoms with van der Waals surface area (Å²) in [6.07, 6.45) is -0.642. The second-order valence-corrected chi connectivity index (χ2v) is 5.74. The van der Waals surface area contributed by atoms with Crippen LogP contribution < -0.4 is 5.32 Å². The van der Waals surface area contributed by atoms with E-state index in [9.17, 15) is 18.4 Å². The molecule has 0 bridgehead atoms. The largest absolute Gasteiger partial charge is 0.444 e. The summed E-state index contributed by atoms with van der Waals surface area (Å²) < 4.78 is 32.3. The van der Waals surface area contributed by atoms with Crippen molar-refractivity contribution in [3.63, 3.8) is 0 Å². The number of hydrogen-bond acceptors (Lipinski definition) is 3. The number of carbonyl (C=O) groups is 2. The highest BCUT2D eigenvalue weighted by molar-refractivity contribution is 6.31. The molecule has 0 saturated carbocycles. The third-order valence-corrected chi connectivity index (χ3v) is 2.83. The summed E-state index contributed by atoms with van der Waals surface area (Å²) in [6, 6.07) is 0.637. The molecule has 1 aromatic rings. The fourth-order valence-corrected chi connectivity index (χ4v) is 1.94. The summed E-state index contributed by atoms with van der Waals surface area (Å²) >= 11 is 5.72. The molecule has 0 unspecified atom stereocenters. The van der Waals surface area contributed by atoms with Crippen molar-refractivity contribution in [2.75, 3.05) is 0 Å². The number of carbonyl (C=O) groups excluding carboxylic acids is 2. The first kappa shape index (κ1) is 17.4. The first-order valence-corrected chi connectivity index (χ1v) is 6.60. The van der Waals surface area contributed by atoms with Crippen LogP contribution in [0.2, 0.25) is 5.02 Å². The van der Waals surface area contributed by atoms with Crippen LogP contribution in [0.15, 0.2) is 12.1 Å². The van der Waals surface area contributed by atoms with Crippen LogP contribution in [0, 0.1) is 11.6 Å². The van der Waals surface area contributed by atoms with E-state index in [1.54, 1.807) is 20.8 Å². The molecule has 0 saturated heterocycles. The molecule has 0 heterocycles. The van der Waals surface area contributed by atoms with Gasteiger partial charge in [0.05, 0.1) is 11.1 Å². The van der Waals surface area contributed by atoms with Crippen molar-refractivity contribution < 1.29 is 23.1 Å². The van der Waals surface area contributed by atoms with Gasteiger partial charge >= 0.3 is 6.09 Å². The average molecular weight is 320 g/mol. The maximum Gasteiger partial charge on any atom is 0.408 e. The van der Waals surface area contributed by atoms with Crippen molar-refractivity contribution in [1.82, 2.24) is 5.32 Å². The maximum atomic E-state index is 13.8. The third kappa shape index (κ3) is 4.97. The van der Waals surface area contributed by atoms with Gasteiger partial charge in [-0.15, -0.1) is 0 Å². The molecule has 1 amide bonds. The van der Waals surface area contributed by atoms with Gasteiger partial charge in [-0.25, -0.2) is 13.6 Å². The lowest BCUT2D eigenvalue weighted by atomic mass is 10.0. The summed E-state index contributed by atoms with van der Waals surface area (Å²) in [5.74, 6) is -1.65. The molecule has 1 atom stereocenters. The van der Waals surface area contributed by atoms with Gasteiger partial charge in [-0.2, -0.15) is 0 Å². The van der Waals surface area contributed by atoms with Gasteiger partial charge in [-0.1, -0.05) is 11.6 Å². The van der Waals surface area contributed by atoms with E-state index in [-0.39, 0.29) is 12.0 Å². The van der Waals surface area contributed by atoms with Crippen LogP contribution in [0.1, 0.15) is 38.8 Å². The SMILES string of the molecule is CC(C)(C)OC(=O)N[C@@H](CC=O)c1c(F)ccc(F)c1Cl. The van der Waals surface area contributed by atoms with Crippen molar-refractivity contribution in [3.8, 4) is 0 Å². The van der Waals surface area contributed by atoms with E-state index in [1.807, 2.05) is 0 Å². The lowest BCUT2D eigenvalue weighted by molar-refractivity contribution is -0.108. The van der Waals surface area contributed by atoms with Gasteiger partial charge in [-0.05, 0) is 32.9 Å². The fourth-order valence-electron chi connectivity index (χ4n) is 1.66. The van der Waals surface area contributed by atoms with Gasteiger partial charge in [0.15, 0.2) is 0 Å². The topological polar surface area (TPSA) is 55.4 Å². The van der Waals surface area contributed by atoms with Crippen molar-refractivity contribution >= 4 is 24.0 Å². The molecule has 0 spiro atoms. The smallest absolute Gasteiger partial charge is 0.408 e. The van der Waals surface area contributed by atoms with E-state index in [0.717, 1.165) is 12.1 Å². The van der Waals surface area contributed by atoms with Crippen molar-refractivity contribution in [1.29, 1.82) is 0 Å². The number of halogens is 3. The Morgan fingerprint density at radius 1 is 1.38 bits per heavy atom. The molecular weight excluding hydrogens is 304 g/mol. The Labute approximate surface area is 126 Å². The molecular formula is C14H16ClF2NO3. The fraction of sp³-hybridized carbons (Fsp3) is 0.429. The van der Waals surface area contributed by atoms with Gasteiger partial charge in [0.1, 0.15) is 23.5 Å². The molecule has 1 aromatic carbocycles. The lowest BCUT2D eigenvalue weighted by Crippen LogP contribution is -2.35. The quantitative estimate of drug-likeness (QED) is 0.679. The van der Waals surface area contributed by atoms with Crippen LogP contribution in [0.3, 0.4) is 0 Å². The van der Waals surface area contributed by atoms with Crippen molar-refractivity contribution in [3.05, 3.63) is 34.4 Å². The number of ether oxygens (including phenoxy) is 1. The Kier molecular flexibility index (Phi) is 5.66. The molecule has 0 aliphatic rings. The molecule has 4 nitrogen and oxygen atoms in total. The van der Waals surface area contributed by atoms with Crippen LogP contribution in [0.25, 0.3) is 0 Å². The van der Waals surface area contributed by atoms with Crippen molar-refractivity contribution in [2.24, 2.45) is 0 Å². The first-order chi connectivity index (χ1) is 9.65. The predicted octanol–water partition coefficient (Wildman–Crippen LogP) is 3.77. The van der Waals surface area contributed by atoms with E-state index in [0.29, 0.717) is 6.29 Å². The molecule has 0 aliphatic heterocycles. The second kappa shape index (κ2) is 6.85. The number of aldehydes is 1. The lowest BCUT2D eigenvalue weighted by Gasteiger charge is -2.23. The highest BCUT2D eigenvalue weighted by atomic mass is 35.5. The van der Waals surface area contributed by atoms with Crippen LogP contribution in [-0.2, 0) is 9.53 Å². The zero-order valence-corrected chi connectivity index (χ0v) is 12.6. The minimum absolute atomic E-state index is 0.265. The molecule has 0 aliphatic carbocycles. The molecule has 0 aromatic heterocycles. The summed E-state index contributed by atoms with van der Waals surface area (Å²) in [4.78, 5) is 22.4. The van der Waals surface area contributed by atoms with Crippen LogP contribution >= 0.6 is 11.6 Å². The van der Waals surface area contributed by atoms with Gasteiger partial charge < -0.3 is 14.8 Å². The highest BCUT2D eigenvalue weighted by Gasteiger charge is 2.25. The minimum Gasteiger partial charge on any atom is -0.444 e. The molecule has 21 heavy (non-hydrogen) atoms. The van der Waals surface area contributed by atoms with Gasteiger partial charge in [0, 0.05) is 12.0 Å². The van der Waals surface area contributed by atoms with Gasteiger partial charge in [0.2, 0.25) is 0 Å². The van der Waals surface area contributed by atoms with E-state index >= 15 is 0 Å². The molecule has 0 radical (unpaired) electrons. The van der Waals surface area contributed by atoms with Crippen LogP contribution in [-0.4, -0.2) is 18.0 Å². The standard InChI is InChI=1S/C14H16ClF2NO3/c1-14(2,3)21-13(20)18-10(6-7-19)11-8(16)4-5-9(17)12(11)15/h4-5,7,10H,6H2,1-3H3,(H,18,20)/t10-/m0/s1. The van der Waals surface area contributed by atoms with E-state index in [2.05, 4.69) is 5.32 Å². The summed E-state index contributed by atoms with van der Waals surface area (Å²) in [5.41, 5.74) is -1.05. The van der Waals surface area contributed by atoms with Gasteiger partial charge in [0.25, 0.3) is 0 Å².